The monoisotopic (exact) mass is 376 g/mol. The zero-order valence-corrected chi connectivity index (χ0v) is 13.6. The van der Waals surface area contributed by atoms with Crippen molar-refractivity contribution in [2.45, 2.75) is 6.36 Å². The Hall–Kier alpha value is -3.42. The summed E-state index contributed by atoms with van der Waals surface area (Å²) in [4.78, 5) is 15.5. The number of rotatable bonds is 4. The number of benzene rings is 2. The van der Waals surface area contributed by atoms with Crippen LogP contribution in [0, 0.1) is 5.82 Å². The van der Waals surface area contributed by atoms with Crippen LogP contribution in [0.25, 0.3) is 22.4 Å². The van der Waals surface area contributed by atoms with E-state index in [0.717, 1.165) is 12.1 Å². The standard InChI is InChI=1S/C19H12F4N2O2/c20-15-4-2-1-3-13(15)16-7-5-12(10-25-16)14-9-11(18(24)26)6-8-17(14)27-19(21,22)23/h1-10H,(H2,24,26). The first-order chi connectivity index (χ1) is 12.7. The van der Waals surface area contributed by atoms with Crippen LogP contribution in [0.2, 0.25) is 0 Å². The van der Waals surface area contributed by atoms with Crippen molar-refractivity contribution in [3.63, 3.8) is 0 Å². The average Bonchev–Trinajstić information content (AvgIpc) is 2.61. The zero-order chi connectivity index (χ0) is 19.6. The number of nitrogens with two attached hydrogens (primary N) is 1. The SMILES string of the molecule is NC(=O)c1ccc(OC(F)(F)F)c(-c2ccc(-c3ccccc3F)nc2)c1. The minimum Gasteiger partial charge on any atom is -0.405 e. The summed E-state index contributed by atoms with van der Waals surface area (Å²) < 4.78 is 55.8. The predicted octanol–water partition coefficient (Wildman–Crippen LogP) is 4.55. The highest BCUT2D eigenvalue weighted by Gasteiger charge is 2.32. The van der Waals surface area contributed by atoms with E-state index < -0.39 is 23.8 Å². The molecule has 1 heterocycles. The maximum atomic E-state index is 13.9. The molecule has 0 radical (unpaired) electrons. The van der Waals surface area contributed by atoms with Crippen LogP contribution >= 0.6 is 0 Å². The summed E-state index contributed by atoms with van der Waals surface area (Å²) in [5, 5.41) is 0. The predicted molar refractivity (Wildman–Crippen MR) is 90.3 cm³/mol. The highest BCUT2D eigenvalue weighted by Crippen LogP contribution is 2.35. The molecule has 0 unspecified atom stereocenters. The number of hydrogen-bond acceptors (Lipinski definition) is 3. The summed E-state index contributed by atoms with van der Waals surface area (Å²) in [6.45, 7) is 0. The Balaban J connectivity index is 2.05. The van der Waals surface area contributed by atoms with Crippen molar-refractivity contribution in [2.24, 2.45) is 5.73 Å². The lowest BCUT2D eigenvalue weighted by Gasteiger charge is -2.14. The minimum atomic E-state index is -4.91. The first-order valence-corrected chi connectivity index (χ1v) is 7.65. The second-order valence-corrected chi connectivity index (χ2v) is 5.53. The fourth-order valence-corrected chi connectivity index (χ4v) is 2.50. The number of hydrogen-bond donors (Lipinski definition) is 1. The van der Waals surface area contributed by atoms with E-state index in [4.69, 9.17) is 5.73 Å². The smallest absolute Gasteiger partial charge is 0.405 e. The van der Waals surface area contributed by atoms with Crippen LogP contribution in [0.5, 0.6) is 5.75 Å². The lowest BCUT2D eigenvalue weighted by molar-refractivity contribution is -0.274. The van der Waals surface area contributed by atoms with E-state index in [9.17, 15) is 22.4 Å². The van der Waals surface area contributed by atoms with E-state index in [0.29, 0.717) is 5.69 Å². The quantitative estimate of drug-likeness (QED) is 0.680. The van der Waals surface area contributed by atoms with Crippen LogP contribution in [0.4, 0.5) is 17.6 Å². The summed E-state index contributed by atoms with van der Waals surface area (Å²) in [5.41, 5.74) is 6.00. The molecule has 8 heteroatoms. The van der Waals surface area contributed by atoms with Crippen molar-refractivity contribution in [3.8, 4) is 28.1 Å². The molecule has 0 aliphatic rings. The second-order valence-electron chi connectivity index (χ2n) is 5.53. The van der Waals surface area contributed by atoms with Gasteiger partial charge in [-0.25, -0.2) is 4.39 Å². The Bertz CT molecular complexity index is 986. The number of ether oxygens (including phenoxy) is 1. The van der Waals surface area contributed by atoms with Gasteiger partial charge in [0.15, 0.2) is 0 Å². The topological polar surface area (TPSA) is 65.2 Å². The van der Waals surface area contributed by atoms with E-state index in [1.807, 2.05) is 0 Å². The van der Waals surface area contributed by atoms with Crippen molar-refractivity contribution in [2.75, 3.05) is 0 Å². The molecule has 0 aliphatic carbocycles. The average molecular weight is 376 g/mol. The van der Waals surface area contributed by atoms with Crippen LogP contribution < -0.4 is 10.5 Å². The Morgan fingerprint density at radius 1 is 1.00 bits per heavy atom. The van der Waals surface area contributed by atoms with E-state index in [2.05, 4.69) is 9.72 Å². The van der Waals surface area contributed by atoms with Gasteiger partial charge in [0.2, 0.25) is 5.91 Å². The molecular formula is C19H12F4N2O2. The molecule has 3 aromatic rings. The number of carbonyl (C=O) groups excluding carboxylic acids is 1. The number of aromatic nitrogens is 1. The largest absolute Gasteiger partial charge is 0.573 e. The van der Waals surface area contributed by atoms with Crippen molar-refractivity contribution in [1.29, 1.82) is 0 Å². The first kappa shape index (κ1) is 18.4. The van der Waals surface area contributed by atoms with Crippen molar-refractivity contribution < 1.29 is 27.1 Å². The Morgan fingerprint density at radius 2 is 1.74 bits per heavy atom. The molecule has 0 fully saturated rings. The van der Waals surface area contributed by atoms with Gasteiger partial charge < -0.3 is 10.5 Å². The van der Waals surface area contributed by atoms with Gasteiger partial charge in [-0.15, -0.1) is 13.2 Å². The molecule has 0 aliphatic heterocycles. The van der Waals surface area contributed by atoms with E-state index in [1.165, 1.54) is 42.6 Å². The molecule has 27 heavy (non-hydrogen) atoms. The van der Waals surface area contributed by atoms with Crippen molar-refractivity contribution >= 4 is 5.91 Å². The van der Waals surface area contributed by atoms with Crippen LogP contribution in [0.1, 0.15) is 10.4 Å². The van der Waals surface area contributed by atoms with Gasteiger partial charge in [-0.1, -0.05) is 18.2 Å². The van der Waals surface area contributed by atoms with Crippen LogP contribution in [0.15, 0.2) is 60.8 Å². The van der Waals surface area contributed by atoms with Gasteiger partial charge in [0.25, 0.3) is 0 Å². The normalized spacial score (nSPS) is 11.3. The van der Waals surface area contributed by atoms with Gasteiger partial charge in [-0.3, -0.25) is 9.78 Å². The van der Waals surface area contributed by atoms with E-state index in [-0.39, 0.29) is 22.3 Å². The molecule has 138 valence electrons. The third kappa shape index (κ3) is 4.22. The van der Waals surface area contributed by atoms with E-state index in [1.54, 1.807) is 6.07 Å². The highest BCUT2D eigenvalue weighted by molar-refractivity contribution is 5.94. The molecule has 0 saturated heterocycles. The van der Waals surface area contributed by atoms with Crippen LogP contribution in [-0.2, 0) is 0 Å². The zero-order valence-electron chi connectivity index (χ0n) is 13.6. The van der Waals surface area contributed by atoms with Gasteiger partial charge in [0.1, 0.15) is 11.6 Å². The number of nitrogens with zero attached hydrogens (tertiary/aromatic N) is 1. The lowest BCUT2D eigenvalue weighted by Crippen LogP contribution is -2.18. The third-order valence-corrected chi connectivity index (χ3v) is 3.71. The first-order valence-electron chi connectivity index (χ1n) is 7.65. The number of carbonyl (C=O) groups is 1. The van der Waals surface area contributed by atoms with Gasteiger partial charge >= 0.3 is 6.36 Å². The molecule has 1 amide bonds. The van der Waals surface area contributed by atoms with Gasteiger partial charge in [-0.2, -0.15) is 0 Å². The molecule has 4 nitrogen and oxygen atoms in total. The summed E-state index contributed by atoms with van der Waals surface area (Å²) in [5.74, 6) is -1.78. The molecular weight excluding hydrogens is 364 g/mol. The van der Waals surface area contributed by atoms with Crippen molar-refractivity contribution in [3.05, 3.63) is 72.2 Å². The fraction of sp³-hybridized carbons (Fsp3) is 0.0526. The minimum absolute atomic E-state index is 0.0118. The molecule has 0 atom stereocenters. The summed E-state index contributed by atoms with van der Waals surface area (Å²) in [7, 11) is 0. The Kier molecular flexibility index (Phi) is 4.81. The molecule has 1 aromatic heterocycles. The summed E-state index contributed by atoms with van der Waals surface area (Å²) >= 11 is 0. The maximum Gasteiger partial charge on any atom is 0.573 e. The number of halogens is 4. The molecule has 0 bridgehead atoms. The highest BCUT2D eigenvalue weighted by atomic mass is 19.4. The molecule has 2 aromatic carbocycles. The molecule has 0 spiro atoms. The van der Waals surface area contributed by atoms with Gasteiger partial charge in [-0.05, 0) is 36.4 Å². The van der Waals surface area contributed by atoms with Gasteiger partial charge in [0, 0.05) is 28.5 Å². The van der Waals surface area contributed by atoms with Crippen LogP contribution in [0.3, 0.4) is 0 Å². The second kappa shape index (κ2) is 7.06. The maximum absolute atomic E-state index is 13.9. The van der Waals surface area contributed by atoms with Crippen LogP contribution in [-0.4, -0.2) is 17.3 Å². The molecule has 3 rings (SSSR count). The number of amides is 1. The summed E-state index contributed by atoms with van der Waals surface area (Å²) in [6.07, 6.45) is -3.64. The van der Waals surface area contributed by atoms with Gasteiger partial charge in [0.05, 0.1) is 5.69 Å². The Morgan fingerprint density at radius 3 is 2.33 bits per heavy atom. The number of primary amides is 1. The lowest BCUT2D eigenvalue weighted by atomic mass is 10.0. The molecule has 0 saturated carbocycles. The number of alkyl halides is 3. The Labute approximate surface area is 151 Å². The fourth-order valence-electron chi connectivity index (χ4n) is 2.50. The molecule has 2 N–H and O–H groups in total. The van der Waals surface area contributed by atoms with E-state index >= 15 is 0 Å². The summed E-state index contributed by atoms with van der Waals surface area (Å²) in [6, 6.07) is 12.2. The third-order valence-electron chi connectivity index (χ3n) is 3.71. The number of pyridine rings is 1. The van der Waals surface area contributed by atoms with Crippen molar-refractivity contribution in [1.82, 2.24) is 4.98 Å².